The highest BCUT2D eigenvalue weighted by molar-refractivity contribution is 7.10. The first-order valence-corrected chi connectivity index (χ1v) is 11.0. The lowest BCUT2D eigenvalue weighted by molar-refractivity contribution is -0.117. The number of nitrogens with one attached hydrogen (secondary N) is 1. The summed E-state index contributed by atoms with van der Waals surface area (Å²) in [6.07, 6.45) is 0.760. The molecule has 0 fully saturated rings. The fourth-order valence-electron chi connectivity index (χ4n) is 3.92. The van der Waals surface area contributed by atoms with Crippen LogP contribution in [0.2, 0.25) is 5.02 Å². The van der Waals surface area contributed by atoms with Crippen molar-refractivity contribution < 1.29 is 18.7 Å². The van der Waals surface area contributed by atoms with Crippen LogP contribution in [0.4, 0.5) is 10.1 Å². The summed E-state index contributed by atoms with van der Waals surface area (Å²) in [5, 5.41) is 5.03. The van der Waals surface area contributed by atoms with E-state index in [1.54, 1.807) is 25.6 Å². The maximum absolute atomic E-state index is 14.0. The van der Waals surface area contributed by atoms with Gasteiger partial charge in [-0.1, -0.05) is 17.7 Å². The van der Waals surface area contributed by atoms with Crippen molar-refractivity contribution in [2.45, 2.75) is 12.5 Å². The molecule has 31 heavy (non-hydrogen) atoms. The van der Waals surface area contributed by atoms with Gasteiger partial charge in [-0.25, -0.2) is 4.39 Å². The Morgan fingerprint density at radius 2 is 2.00 bits per heavy atom. The van der Waals surface area contributed by atoms with Crippen molar-refractivity contribution in [3.63, 3.8) is 0 Å². The van der Waals surface area contributed by atoms with Crippen LogP contribution in [0.25, 0.3) is 0 Å². The Bertz CT molecular complexity index is 1090. The highest BCUT2D eigenvalue weighted by Crippen LogP contribution is 2.42. The number of halogens is 2. The average molecular weight is 461 g/mol. The number of hydrogen-bond donors (Lipinski definition) is 1. The number of nitrogens with zero attached hydrogens (tertiary/aromatic N) is 1. The molecule has 8 heteroatoms. The molecule has 0 saturated carbocycles. The second kappa shape index (κ2) is 9.26. The number of thiophene rings is 1. The maximum atomic E-state index is 14.0. The summed E-state index contributed by atoms with van der Waals surface area (Å²) in [6, 6.07) is 12.0. The van der Waals surface area contributed by atoms with Crippen LogP contribution in [-0.2, 0) is 11.2 Å². The van der Waals surface area contributed by atoms with Gasteiger partial charge in [0.15, 0.2) is 11.5 Å². The summed E-state index contributed by atoms with van der Waals surface area (Å²) in [6.45, 7) is 0.790. The fourth-order valence-corrected chi connectivity index (χ4v) is 4.96. The van der Waals surface area contributed by atoms with Gasteiger partial charge in [0.1, 0.15) is 5.82 Å². The van der Waals surface area contributed by atoms with Crippen LogP contribution in [0.1, 0.15) is 22.0 Å². The van der Waals surface area contributed by atoms with Crippen LogP contribution in [0.5, 0.6) is 11.5 Å². The summed E-state index contributed by atoms with van der Waals surface area (Å²) >= 11 is 7.58. The molecule has 1 N–H and O–H groups in total. The van der Waals surface area contributed by atoms with Crippen LogP contribution < -0.4 is 14.8 Å². The standard InChI is InChI=1S/C23H22ClFN2O3S/c1-29-19-10-14-7-8-27(13-22(28)26-18-11-15(24)5-6-17(18)25)23(21-4-3-9-31-21)16(14)12-20(19)30-2/h3-6,9-12,23H,7-8,13H2,1-2H3,(H,26,28)/t23-/m0/s1. The van der Waals surface area contributed by atoms with E-state index in [9.17, 15) is 9.18 Å². The van der Waals surface area contributed by atoms with Crippen molar-refractivity contribution in [2.24, 2.45) is 0 Å². The van der Waals surface area contributed by atoms with Gasteiger partial charge in [0.2, 0.25) is 5.91 Å². The molecule has 0 saturated heterocycles. The van der Waals surface area contributed by atoms with E-state index in [1.165, 1.54) is 18.2 Å². The SMILES string of the molecule is COc1cc2c(cc1OC)[C@@H](c1cccs1)N(CC(=O)Nc1cc(Cl)ccc1F)CC2. The van der Waals surface area contributed by atoms with Gasteiger partial charge >= 0.3 is 0 Å². The zero-order valence-corrected chi connectivity index (χ0v) is 18.7. The second-order valence-corrected chi connectivity index (χ2v) is 8.63. The van der Waals surface area contributed by atoms with Crippen molar-refractivity contribution >= 4 is 34.5 Å². The van der Waals surface area contributed by atoms with Gasteiger partial charge in [-0.15, -0.1) is 11.3 Å². The highest BCUT2D eigenvalue weighted by Gasteiger charge is 2.32. The van der Waals surface area contributed by atoms with Crippen LogP contribution in [0.3, 0.4) is 0 Å². The number of rotatable bonds is 6. The first kappa shape index (κ1) is 21.6. The lowest BCUT2D eigenvalue weighted by atomic mass is 9.91. The molecule has 2 aromatic carbocycles. The number of fused-ring (bicyclic) bond motifs is 1. The first-order valence-electron chi connectivity index (χ1n) is 9.77. The first-order chi connectivity index (χ1) is 15.0. The number of hydrogen-bond acceptors (Lipinski definition) is 5. The molecule has 5 nitrogen and oxygen atoms in total. The number of methoxy groups -OCH3 is 2. The lowest BCUT2D eigenvalue weighted by Gasteiger charge is -2.37. The van der Waals surface area contributed by atoms with E-state index in [-0.39, 0.29) is 24.2 Å². The Hall–Kier alpha value is -2.61. The molecule has 1 amide bonds. The molecule has 1 aliphatic rings. The monoisotopic (exact) mass is 460 g/mol. The Kier molecular flexibility index (Phi) is 6.46. The lowest BCUT2D eigenvalue weighted by Crippen LogP contribution is -2.41. The molecule has 1 aliphatic heterocycles. The Balaban J connectivity index is 1.63. The zero-order valence-electron chi connectivity index (χ0n) is 17.2. The van der Waals surface area contributed by atoms with E-state index in [1.807, 2.05) is 23.6 Å². The molecule has 0 unspecified atom stereocenters. The van der Waals surface area contributed by atoms with Crippen LogP contribution >= 0.6 is 22.9 Å². The van der Waals surface area contributed by atoms with Gasteiger partial charge in [0.05, 0.1) is 32.5 Å². The molecule has 162 valence electrons. The summed E-state index contributed by atoms with van der Waals surface area (Å²) < 4.78 is 25.0. The van der Waals surface area contributed by atoms with E-state index >= 15 is 0 Å². The topological polar surface area (TPSA) is 50.8 Å². The number of carbonyl (C=O) groups is 1. The smallest absolute Gasteiger partial charge is 0.238 e. The van der Waals surface area contributed by atoms with E-state index in [0.717, 1.165) is 22.4 Å². The third-order valence-electron chi connectivity index (χ3n) is 5.34. The number of ether oxygens (including phenoxy) is 2. The van der Waals surface area contributed by atoms with Gasteiger partial charge in [0.25, 0.3) is 0 Å². The normalized spacial score (nSPS) is 15.9. The van der Waals surface area contributed by atoms with Crippen molar-refractivity contribution in [1.82, 2.24) is 4.90 Å². The quantitative estimate of drug-likeness (QED) is 0.553. The van der Waals surface area contributed by atoms with Crippen molar-refractivity contribution in [3.8, 4) is 11.5 Å². The maximum Gasteiger partial charge on any atom is 0.238 e. The number of amides is 1. The van der Waals surface area contributed by atoms with Gasteiger partial charge in [-0.2, -0.15) is 0 Å². The number of benzene rings is 2. The van der Waals surface area contributed by atoms with Gasteiger partial charge in [-0.05, 0) is 59.3 Å². The molecule has 3 aromatic rings. The summed E-state index contributed by atoms with van der Waals surface area (Å²) in [5.74, 6) is 0.518. The van der Waals surface area contributed by atoms with Crippen molar-refractivity contribution in [3.05, 3.63) is 74.7 Å². The second-order valence-electron chi connectivity index (χ2n) is 7.22. The van der Waals surface area contributed by atoms with Gasteiger partial charge < -0.3 is 14.8 Å². The molecule has 2 heterocycles. The van der Waals surface area contributed by atoms with Crippen LogP contribution in [-0.4, -0.2) is 38.1 Å². The minimum atomic E-state index is -0.520. The van der Waals surface area contributed by atoms with Gasteiger partial charge in [-0.3, -0.25) is 9.69 Å². The minimum absolute atomic E-state index is 0.0778. The average Bonchev–Trinajstić information content (AvgIpc) is 3.29. The molecule has 0 spiro atoms. The summed E-state index contributed by atoms with van der Waals surface area (Å²) in [7, 11) is 3.23. The fraction of sp³-hybridized carbons (Fsp3) is 0.261. The zero-order chi connectivity index (χ0) is 22.0. The molecule has 0 aliphatic carbocycles. The molecule has 0 radical (unpaired) electrons. The Morgan fingerprint density at radius 3 is 2.71 bits per heavy atom. The summed E-state index contributed by atoms with van der Waals surface area (Å²) in [5.41, 5.74) is 2.32. The molecule has 4 rings (SSSR count). The number of anilines is 1. The molecule has 1 atom stereocenters. The molecule has 0 bridgehead atoms. The van der Waals surface area contributed by atoms with Crippen molar-refractivity contribution in [1.29, 1.82) is 0 Å². The van der Waals surface area contributed by atoms with Crippen molar-refractivity contribution in [2.75, 3.05) is 32.6 Å². The van der Waals surface area contributed by atoms with E-state index in [4.69, 9.17) is 21.1 Å². The predicted octanol–water partition coefficient (Wildman–Crippen LogP) is 5.14. The Morgan fingerprint density at radius 1 is 1.23 bits per heavy atom. The highest BCUT2D eigenvalue weighted by atomic mass is 35.5. The van der Waals surface area contributed by atoms with E-state index < -0.39 is 5.82 Å². The molecular formula is C23H22ClFN2O3S. The van der Waals surface area contributed by atoms with Gasteiger partial charge in [0, 0.05) is 16.4 Å². The summed E-state index contributed by atoms with van der Waals surface area (Å²) in [4.78, 5) is 16.0. The largest absolute Gasteiger partial charge is 0.493 e. The predicted molar refractivity (Wildman–Crippen MR) is 121 cm³/mol. The molecule has 1 aromatic heterocycles. The minimum Gasteiger partial charge on any atom is -0.493 e. The number of carbonyl (C=O) groups excluding carboxylic acids is 1. The van der Waals surface area contributed by atoms with E-state index in [2.05, 4.69) is 16.3 Å². The van der Waals surface area contributed by atoms with E-state index in [0.29, 0.717) is 23.1 Å². The van der Waals surface area contributed by atoms with Crippen LogP contribution in [0, 0.1) is 5.82 Å². The molecular weight excluding hydrogens is 439 g/mol. The van der Waals surface area contributed by atoms with Crippen LogP contribution in [0.15, 0.2) is 47.8 Å². The third-order valence-corrected chi connectivity index (χ3v) is 6.50. The Labute approximate surface area is 189 Å². The third kappa shape index (κ3) is 4.54.